The van der Waals surface area contributed by atoms with E-state index in [1.54, 1.807) is 47.4 Å². The van der Waals surface area contributed by atoms with Gasteiger partial charge in [-0.25, -0.2) is 0 Å². The molecule has 6 heteroatoms. The number of carbonyl (C=O) groups is 2. The maximum atomic E-state index is 13.3. The van der Waals surface area contributed by atoms with Crippen LogP contribution in [0.1, 0.15) is 54.0 Å². The topological polar surface area (TPSA) is 65.1 Å². The fourth-order valence-electron chi connectivity index (χ4n) is 3.73. The van der Waals surface area contributed by atoms with Gasteiger partial charge in [-0.15, -0.1) is 0 Å². The summed E-state index contributed by atoms with van der Waals surface area (Å²) in [4.78, 5) is 28.3. The third-order valence-corrected chi connectivity index (χ3v) is 4.91. The lowest BCUT2D eigenvalue weighted by atomic mass is 9.97. The molecule has 0 radical (unpaired) electrons. The molecule has 0 N–H and O–H groups in total. The molecule has 3 rings (SSSR count). The van der Waals surface area contributed by atoms with Crippen molar-refractivity contribution in [3.05, 3.63) is 59.2 Å². The normalized spacial score (nSPS) is 18.7. The number of hydrogen-bond donors (Lipinski definition) is 0. The molecule has 0 unspecified atom stereocenters. The summed E-state index contributed by atoms with van der Waals surface area (Å²) in [5.41, 5.74) is 1.22. The molecule has 6 nitrogen and oxygen atoms in total. The van der Waals surface area contributed by atoms with Crippen LogP contribution >= 0.6 is 0 Å². The maximum Gasteiger partial charge on any atom is 0.254 e. The van der Waals surface area contributed by atoms with E-state index in [1.807, 2.05) is 27.7 Å². The first-order valence-corrected chi connectivity index (χ1v) is 10.4. The van der Waals surface area contributed by atoms with Crippen molar-refractivity contribution >= 4 is 11.7 Å². The Kier molecular flexibility index (Phi) is 7.11. The lowest BCUT2D eigenvalue weighted by Crippen LogP contribution is -2.48. The zero-order chi connectivity index (χ0) is 21.7. The summed E-state index contributed by atoms with van der Waals surface area (Å²) >= 11 is 0. The molecule has 1 fully saturated rings. The summed E-state index contributed by atoms with van der Waals surface area (Å²) in [5.74, 6) is 0.732. The molecule has 0 saturated carbocycles. The van der Waals surface area contributed by atoms with Crippen LogP contribution in [0.5, 0.6) is 11.5 Å². The molecule has 0 bridgehead atoms. The summed E-state index contributed by atoms with van der Waals surface area (Å²) in [6.45, 7) is 9.63. The summed E-state index contributed by atoms with van der Waals surface area (Å²) in [5, 5.41) is 0. The first-order valence-electron chi connectivity index (χ1n) is 10.4. The monoisotopic (exact) mass is 411 g/mol. The molecular formula is C24H29NO5. The van der Waals surface area contributed by atoms with E-state index in [1.165, 1.54) is 0 Å². The molecule has 0 aliphatic carbocycles. The quantitative estimate of drug-likeness (QED) is 0.645. The van der Waals surface area contributed by atoms with E-state index in [4.69, 9.17) is 14.2 Å². The Balaban J connectivity index is 1.92. The molecule has 2 atom stereocenters. The van der Waals surface area contributed by atoms with Crippen LogP contribution < -0.4 is 9.47 Å². The number of amides is 1. The highest BCUT2D eigenvalue weighted by atomic mass is 16.5. The third kappa shape index (κ3) is 4.82. The molecule has 2 aromatic rings. The number of nitrogens with zero attached hydrogens (tertiary/aromatic N) is 1. The van der Waals surface area contributed by atoms with Gasteiger partial charge < -0.3 is 19.1 Å². The fraction of sp³-hybridized carbons (Fsp3) is 0.417. The smallest absolute Gasteiger partial charge is 0.254 e. The van der Waals surface area contributed by atoms with Crippen molar-refractivity contribution in [3.63, 3.8) is 0 Å². The first-order chi connectivity index (χ1) is 14.4. The Bertz CT molecular complexity index is 900. The molecule has 1 saturated heterocycles. The van der Waals surface area contributed by atoms with Gasteiger partial charge >= 0.3 is 0 Å². The van der Waals surface area contributed by atoms with Crippen LogP contribution in [0.2, 0.25) is 0 Å². The van der Waals surface area contributed by atoms with Crippen molar-refractivity contribution in [3.8, 4) is 11.5 Å². The number of morpholine rings is 1. The highest BCUT2D eigenvalue weighted by Gasteiger charge is 2.29. The van der Waals surface area contributed by atoms with E-state index >= 15 is 0 Å². The van der Waals surface area contributed by atoms with E-state index in [0.717, 1.165) is 0 Å². The van der Waals surface area contributed by atoms with Crippen LogP contribution in [-0.4, -0.2) is 55.1 Å². The average Bonchev–Trinajstić information content (AvgIpc) is 2.73. The Morgan fingerprint density at radius 1 is 0.933 bits per heavy atom. The zero-order valence-electron chi connectivity index (χ0n) is 18.0. The Labute approximate surface area is 177 Å². The average molecular weight is 411 g/mol. The van der Waals surface area contributed by atoms with E-state index < -0.39 is 0 Å². The van der Waals surface area contributed by atoms with Gasteiger partial charge in [0, 0.05) is 24.2 Å². The van der Waals surface area contributed by atoms with Crippen molar-refractivity contribution in [2.24, 2.45) is 0 Å². The summed E-state index contributed by atoms with van der Waals surface area (Å²) < 4.78 is 17.0. The van der Waals surface area contributed by atoms with Crippen molar-refractivity contribution in [2.75, 3.05) is 26.3 Å². The van der Waals surface area contributed by atoms with Gasteiger partial charge in [0.25, 0.3) is 5.91 Å². The Morgan fingerprint density at radius 3 is 2.17 bits per heavy atom. The molecule has 1 amide bonds. The summed E-state index contributed by atoms with van der Waals surface area (Å²) in [6, 6.07) is 12.1. The molecule has 30 heavy (non-hydrogen) atoms. The van der Waals surface area contributed by atoms with E-state index in [2.05, 4.69) is 0 Å². The van der Waals surface area contributed by atoms with Crippen LogP contribution in [-0.2, 0) is 4.74 Å². The lowest BCUT2D eigenvalue weighted by molar-refractivity contribution is -0.0586. The van der Waals surface area contributed by atoms with Gasteiger partial charge in [-0.05, 0) is 52.0 Å². The number of hydrogen-bond acceptors (Lipinski definition) is 5. The SMILES string of the molecule is CCOc1ccc(C(=O)c2ccccc2C(=O)N2C[C@H](C)O[C@@H](C)C2)cc1OCC. The van der Waals surface area contributed by atoms with Gasteiger partial charge in [0.15, 0.2) is 17.3 Å². The molecule has 0 spiro atoms. The number of ether oxygens (including phenoxy) is 3. The minimum Gasteiger partial charge on any atom is -0.490 e. The molecule has 1 heterocycles. The Morgan fingerprint density at radius 2 is 1.53 bits per heavy atom. The lowest BCUT2D eigenvalue weighted by Gasteiger charge is -2.35. The van der Waals surface area contributed by atoms with Crippen molar-refractivity contribution in [1.29, 1.82) is 0 Å². The number of rotatable bonds is 7. The van der Waals surface area contributed by atoms with Gasteiger partial charge in [0.2, 0.25) is 0 Å². The van der Waals surface area contributed by atoms with Gasteiger partial charge in [-0.3, -0.25) is 9.59 Å². The van der Waals surface area contributed by atoms with E-state index in [-0.39, 0.29) is 23.9 Å². The molecule has 1 aliphatic rings. The predicted octanol–water partition coefficient (Wildman–Crippen LogP) is 3.96. The van der Waals surface area contributed by atoms with Gasteiger partial charge in [-0.1, -0.05) is 18.2 Å². The first kappa shape index (κ1) is 21.8. The second-order valence-corrected chi connectivity index (χ2v) is 7.37. The van der Waals surface area contributed by atoms with Crippen LogP contribution in [0.3, 0.4) is 0 Å². The molecular weight excluding hydrogens is 382 g/mol. The predicted molar refractivity (Wildman–Crippen MR) is 115 cm³/mol. The third-order valence-electron chi connectivity index (χ3n) is 4.91. The van der Waals surface area contributed by atoms with E-state index in [9.17, 15) is 9.59 Å². The number of carbonyl (C=O) groups excluding carboxylic acids is 2. The fourth-order valence-corrected chi connectivity index (χ4v) is 3.73. The second kappa shape index (κ2) is 9.76. The second-order valence-electron chi connectivity index (χ2n) is 7.37. The number of benzene rings is 2. The van der Waals surface area contributed by atoms with Crippen LogP contribution in [0.4, 0.5) is 0 Å². The zero-order valence-corrected chi connectivity index (χ0v) is 18.0. The highest BCUT2D eigenvalue weighted by Crippen LogP contribution is 2.30. The van der Waals surface area contributed by atoms with Crippen molar-refractivity contribution in [1.82, 2.24) is 4.90 Å². The van der Waals surface area contributed by atoms with Gasteiger partial charge in [0.1, 0.15) is 0 Å². The largest absolute Gasteiger partial charge is 0.490 e. The van der Waals surface area contributed by atoms with Crippen LogP contribution in [0.25, 0.3) is 0 Å². The van der Waals surface area contributed by atoms with Crippen molar-refractivity contribution in [2.45, 2.75) is 39.9 Å². The number of ketones is 1. The molecule has 0 aromatic heterocycles. The molecule has 1 aliphatic heterocycles. The highest BCUT2D eigenvalue weighted by molar-refractivity contribution is 6.15. The summed E-state index contributed by atoms with van der Waals surface area (Å²) in [7, 11) is 0. The van der Waals surface area contributed by atoms with Gasteiger partial charge in [0.05, 0.1) is 31.0 Å². The minimum atomic E-state index is -0.225. The minimum absolute atomic E-state index is 0.0413. The van der Waals surface area contributed by atoms with Gasteiger partial charge in [-0.2, -0.15) is 0 Å². The standard InChI is InChI=1S/C24H29NO5/c1-5-28-21-12-11-18(13-22(21)29-6-2)23(26)19-9-7-8-10-20(19)24(27)25-14-16(3)30-17(4)15-25/h7-13,16-17H,5-6,14-15H2,1-4H3/t16-,17-/m0/s1. The van der Waals surface area contributed by atoms with Crippen LogP contribution in [0.15, 0.2) is 42.5 Å². The van der Waals surface area contributed by atoms with E-state index in [0.29, 0.717) is 54.5 Å². The van der Waals surface area contributed by atoms with Crippen LogP contribution in [0, 0.1) is 0 Å². The molecule has 160 valence electrons. The summed E-state index contributed by atoms with van der Waals surface area (Å²) in [6.07, 6.45) is -0.0825. The van der Waals surface area contributed by atoms with Crippen molar-refractivity contribution < 1.29 is 23.8 Å². The molecule has 2 aromatic carbocycles. The maximum absolute atomic E-state index is 13.3. The Hall–Kier alpha value is -2.86.